The van der Waals surface area contributed by atoms with Gasteiger partial charge in [0.15, 0.2) is 0 Å². The molecule has 2 aromatic rings. The second-order valence-electron chi connectivity index (χ2n) is 4.29. The first-order valence-electron chi connectivity index (χ1n) is 6.22. The fourth-order valence-electron chi connectivity index (χ4n) is 1.76. The summed E-state index contributed by atoms with van der Waals surface area (Å²) in [6.07, 6.45) is 1.61. The third-order valence-corrected chi connectivity index (χ3v) is 3.66. The van der Waals surface area contributed by atoms with Crippen LogP contribution in [-0.4, -0.2) is 5.91 Å². The van der Waals surface area contributed by atoms with Crippen LogP contribution in [0.3, 0.4) is 0 Å². The third-order valence-electron chi connectivity index (χ3n) is 2.84. The fraction of sp³-hybridized carbons (Fsp3) is 0.125. The average Bonchev–Trinajstić information content (AvgIpc) is 2.98. The Morgan fingerprint density at radius 2 is 2.05 bits per heavy atom. The number of nitrogens with one attached hydrogen (secondary N) is 1. The van der Waals surface area contributed by atoms with Crippen LogP contribution in [-0.2, 0) is 4.79 Å². The first kappa shape index (κ1) is 14.0. The molecular weight excluding hydrogens is 268 g/mol. The number of nitrogens with zero attached hydrogens (tertiary/aromatic N) is 1. The van der Waals surface area contributed by atoms with Crippen molar-refractivity contribution in [2.75, 3.05) is 0 Å². The van der Waals surface area contributed by atoms with E-state index in [0.717, 1.165) is 10.4 Å². The van der Waals surface area contributed by atoms with Gasteiger partial charge in [-0.25, -0.2) is 0 Å². The zero-order chi connectivity index (χ0) is 14.4. The normalized spacial score (nSPS) is 12.5. The van der Waals surface area contributed by atoms with E-state index in [0.29, 0.717) is 0 Å². The molecule has 0 aliphatic carbocycles. The molecule has 1 heterocycles. The summed E-state index contributed by atoms with van der Waals surface area (Å²) < 4.78 is 0. The number of nitriles is 1. The van der Waals surface area contributed by atoms with Gasteiger partial charge < -0.3 is 5.32 Å². The predicted octanol–water partition coefficient (Wildman–Crippen LogP) is 3.53. The van der Waals surface area contributed by atoms with E-state index in [4.69, 9.17) is 5.26 Å². The van der Waals surface area contributed by atoms with E-state index in [1.54, 1.807) is 6.08 Å². The molecule has 0 bridgehead atoms. The molecule has 0 saturated carbocycles. The number of thiophene rings is 1. The van der Waals surface area contributed by atoms with Gasteiger partial charge in [-0.1, -0.05) is 36.4 Å². The summed E-state index contributed by atoms with van der Waals surface area (Å²) in [6.45, 7) is 1.90. The second-order valence-corrected chi connectivity index (χ2v) is 5.27. The summed E-state index contributed by atoms with van der Waals surface area (Å²) in [4.78, 5) is 13.0. The topological polar surface area (TPSA) is 52.9 Å². The van der Waals surface area contributed by atoms with E-state index in [2.05, 4.69) is 5.32 Å². The highest BCUT2D eigenvalue weighted by Gasteiger charge is 2.13. The Morgan fingerprint density at radius 1 is 1.30 bits per heavy atom. The van der Waals surface area contributed by atoms with Crippen LogP contribution in [0.5, 0.6) is 0 Å². The van der Waals surface area contributed by atoms with Crippen LogP contribution in [0, 0.1) is 11.3 Å². The smallest absolute Gasteiger partial charge is 0.262 e. The molecular formula is C16H14N2OS. The van der Waals surface area contributed by atoms with Gasteiger partial charge in [0.05, 0.1) is 6.04 Å². The van der Waals surface area contributed by atoms with Crippen molar-refractivity contribution in [2.45, 2.75) is 13.0 Å². The van der Waals surface area contributed by atoms with Gasteiger partial charge in [-0.3, -0.25) is 4.79 Å². The van der Waals surface area contributed by atoms with Gasteiger partial charge >= 0.3 is 0 Å². The van der Waals surface area contributed by atoms with E-state index in [9.17, 15) is 4.79 Å². The monoisotopic (exact) mass is 282 g/mol. The molecule has 0 fully saturated rings. The van der Waals surface area contributed by atoms with E-state index >= 15 is 0 Å². The predicted molar refractivity (Wildman–Crippen MR) is 80.9 cm³/mol. The Morgan fingerprint density at radius 3 is 2.65 bits per heavy atom. The van der Waals surface area contributed by atoms with Gasteiger partial charge in [0, 0.05) is 4.88 Å². The Kier molecular flexibility index (Phi) is 4.70. The van der Waals surface area contributed by atoms with Gasteiger partial charge in [0.25, 0.3) is 5.91 Å². The van der Waals surface area contributed by atoms with Crippen molar-refractivity contribution in [3.8, 4) is 6.07 Å². The lowest BCUT2D eigenvalue weighted by atomic mass is 10.1. The summed E-state index contributed by atoms with van der Waals surface area (Å²) in [7, 11) is 0. The number of rotatable bonds is 4. The maximum atomic E-state index is 12.1. The minimum atomic E-state index is -0.350. The average molecular weight is 282 g/mol. The van der Waals surface area contributed by atoms with Crippen LogP contribution < -0.4 is 5.32 Å². The third kappa shape index (κ3) is 3.56. The van der Waals surface area contributed by atoms with Gasteiger partial charge in [-0.15, -0.1) is 11.3 Å². The highest BCUT2D eigenvalue weighted by molar-refractivity contribution is 7.10. The maximum Gasteiger partial charge on any atom is 0.262 e. The minimum absolute atomic E-state index is 0.121. The van der Waals surface area contributed by atoms with Crippen LogP contribution in [0.2, 0.25) is 0 Å². The van der Waals surface area contributed by atoms with E-state index in [-0.39, 0.29) is 17.5 Å². The molecule has 2 rings (SSSR count). The lowest BCUT2D eigenvalue weighted by Crippen LogP contribution is -2.27. The Labute approximate surface area is 122 Å². The molecule has 0 aliphatic heterocycles. The van der Waals surface area contributed by atoms with Crippen molar-refractivity contribution in [1.29, 1.82) is 5.26 Å². The summed E-state index contributed by atoms with van der Waals surface area (Å²) in [5.74, 6) is -0.350. The Bertz CT molecular complexity index is 639. The molecule has 20 heavy (non-hydrogen) atoms. The number of amides is 1. The first-order chi connectivity index (χ1) is 9.70. The van der Waals surface area contributed by atoms with Gasteiger partial charge in [-0.05, 0) is 30.0 Å². The Balaban J connectivity index is 2.09. The van der Waals surface area contributed by atoms with Gasteiger partial charge in [0.1, 0.15) is 11.6 Å². The van der Waals surface area contributed by atoms with E-state index in [1.807, 2.05) is 60.8 Å². The molecule has 1 atom stereocenters. The van der Waals surface area contributed by atoms with E-state index < -0.39 is 0 Å². The number of benzene rings is 1. The van der Waals surface area contributed by atoms with Crippen LogP contribution in [0.25, 0.3) is 6.08 Å². The molecule has 0 aliphatic rings. The van der Waals surface area contributed by atoms with Crippen LogP contribution in [0.4, 0.5) is 0 Å². The van der Waals surface area contributed by atoms with Crippen molar-refractivity contribution >= 4 is 23.3 Å². The first-order valence-corrected chi connectivity index (χ1v) is 7.10. The molecule has 1 aromatic heterocycles. The number of hydrogen-bond acceptors (Lipinski definition) is 3. The molecule has 4 heteroatoms. The highest BCUT2D eigenvalue weighted by Crippen LogP contribution is 2.15. The molecule has 100 valence electrons. The van der Waals surface area contributed by atoms with Gasteiger partial charge in [-0.2, -0.15) is 5.26 Å². The standard InChI is InChI=1S/C16H14N2OS/c1-12(13-6-3-2-4-7-13)18-16(19)14(11-17)10-15-8-5-9-20-15/h2-10,12H,1H3,(H,18,19)/b14-10-/t12-/m1/s1. The van der Waals surface area contributed by atoms with Crippen molar-refractivity contribution in [3.05, 3.63) is 63.9 Å². The molecule has 1 amide bonds. The molecule has 0 unspecified atom stereocenters. The molecule has 1 N–H and O–H groups in total. The summed E-state index contributed by atoms with van der Waals surface area (Å²) in [5, 5.41) is 13.8. The highest BCUT2D eigenvalue weighted by atomic mass is 32.1. The summed E-state index contributed by atoms with van der Waals surface area (Å²) >= 11 is 1.49. The minimum Gasteiger partial charge on any atom is -0.345 e. The second kappa shape index (κ2) is 6.69. The van der Waals surface area contributed by atoms with Crippen molar-refractivity contribution in [2.24, 2.45) is 0 Å². The van der Waals surface area contributed by atoms with Crippen LogP contribution >= 0.6 is 11.3 Å². The van der Waals surface area contributed by atoms with Crippen molar-refractivity contribution < 1.29 is 4.79 Å². The molecule has 1 aromatic carbocycles. The molecule has 0 saturated heterocycles. The SMILES string of the molecule is C[C@@H](NC(=O)/C(C#N)=C\c1cccs1)c1ccccc1. The largest absolute Gasteiger partial charge is 0.345 e. The number of carbonyl (C=O) groups excluding carboxylic acids is 1. The maximum absolute atomic E-state index is 12.1. The lowest BCUT2D eigenvalue weighted by Gasteiger charge is -2.13. The fourth-order valence-corrected chi connectivity index (χ4v) is 2.42. The Hall–Kier alpha value is -2.38. The summed E-state index contributed by atoms with van der Waals surface area (Å²) in [6, 6.07) is 15.2. The lowest BCUT2D eigenvalue weighted by molar-refractivity contribution is -0.117. The summed E-state index contributed by atoms with van der Waals surface area (Å²) in [5.41, 5.74) is 1.13. The van der Waals surface area contributed by atoms with Crippen LogP contribution in [0.1, 0.15) is 23.4 Å². The zero-order valence-electron chi connectivity index (χ0n) is 11.0. The molecule has 3 nitrogen and oxygen atoms in total. The van der Waals surface area contributed by atoms with Crippen LogP contribution in [0.15, 0.2) is 53.4 Å². The van der Waals surface area contributed by atoms with E-state index in [1.165, 1.54) is 11.3 Å². The number of carbonyl (C=O) groups is 1. The van der Waals surface area contributed by atoms with Crippen molar-refractivity contribution in [1.82, 2.24) is 5.32 Å². The van der Waals surface area contributed by atoms with Gasteiger partial charge in [0.2, 0.25) is 0 Å². The molecule has 0 spiro atoms. The quantitative estimate of drug-likeness (QED) is 0.689. The number of hydrogen-bond donors (Lipinski definition) is 1. The molecule has 0 radical (unpaired) electrons. The zero-order valence-corrected chi connectivity index (χ0v) is 11.9. The van der Waals surface area contributed by atoms with Crippen molar-refractivity contribution in [3.63, 3.8) is 0 Å².